The lowest BCUT2D eigenvalue weighted by Crippen LogP contribution is -2.45. The molecule has 0 aliphatic heterocycles. The van der Waals surface area contributed by atoms with Gasteiger partial charge in [0.25, 0.3) is 0 Å². The molecule has 238 valence electrons. The van der Waals surface area contributed by atoms with E-state index >= 15 is 0 Å². The van der Waals surface area contributed by atoms with E-state index in [1.54, 1.807) is 11.1 Å². The van der Waals surface area contributed by atoms with Crippen LogP contribution in [0.1, 0.15) is 51.2 Å². The van der Waals surface area contributed by atoms with Gasteiger partial charge in [-0.15, -0.1) is 11.3 Å². The molecule has 1 heteroatoms. The molecule has 0 bridgehead atoms. The summed E-state index contributed by atoms with van der Waals surface area (Å²) in [5.41, 5.74) is 11.4. The van der Waals surface area contributed by atoms with Gasteiger partial charge in [-0.25, -0.2) is 0 Å². The molecule has 1 aromatic heterocycles. The normalized spacial score (nSPS) is 21.6. The topological polar surface area (TPSA) is 0 Å². The molecule has 0 radical (unpaired) electrons. The van der Waals surface area contributed by atoms with Crippen molar-refractivity contribution in [1.29, 1.82) is 0 Å². The van der Waals surface area contributed by atoms with Crippen LogP contribution in [0, 0.1) is 17.8 Å². The minimum absolute atomic E-state index is 0.0882. The van der Waals surface area contributed by atoms with E-state index in [-0.39, 0.29) is 5.41 Å². The summed E-state index contributed by atoms with van der Waals surface area (Å²) in [5, 5.41) is 7.96. The van der Waals surface area contributed by atoms with E-state index in [0.717, 1.165) is 5.92 Å². The van der Waals surface area contributed by atoms with Crippen molar-refractivity contribution in [1.82, 2.24) is 0 Å². The molecule has 0 N–H and O–H groups in total. The standard InChI is InChI=1S/C48H40S/c1-4-33-26-29(2)25-30(3)48(33)42-19-11-9-13-34(42)41-27-31(22-24-43(41)48)46-37-15-5-7-17-39(37)47(40-18-8-6-16-38(40)46)32-21-23-36-35-14-10-12-20-44(35)49-45(36)28-32/h5-24,27-30,33H,4,25-26H2,1-3H3. The molecule has 7 aromatic carbocycles. The molecular formula is C48H40S. The highest BCUT2D eigenvalue weighted by atomic mass is 32.1. The lowest BCUT2D eigenvalue weighted by molar-refractivity contribution is 0.114. The summed E-state index contributed by atoms with van der Waals surface area (Å²) >= 11 is 1.90. The van der Waals surface area contributed by atoms with Gasteiger partial charge in [0, 0.05) is 25.6 Å². The van der Waals surface area contributed by atoms with E-state index in [9.17, 15) is 0 Å². The van der Waals surface area contributed by atoms with Crippen molar-refractivity contribution in [3.63, 3.8) is 0 Å². The highest BCUT2D eigenvalue weighted by molar-refractivity contribution is 7.25. The van der Waals surface area contributed by atoms with Crippen LogP contribution in [0.25, 0.3) is 75.1 Å². The number of thiophene rings is 1. The molecule has 1 saturated carbocycles. The molecule has 2 aliphatic carbocycles. The third-order valence-corrected chi connectivity index (χ3v) is 13.5. The fraction of sp³-hybridized carbons (Fsp3) is 0.208. The maximum absolute atomic E-state index is 2.55. The second kappa shape index (κ2) is 10.9. The molecule has 8 aromatic rings. The number of hydrogen-bond donors (Lipinski definition) is 0. The number of fused-ring (bicyclic) bond motifs is 10. The van der Waals surface area contributed by atoms with Gasteiger partial charge < -0.3 is 0 Å². The van der Waals surface area contributed by atoms with E-state index in [1.165, 1.54) is 94.4 Å². The lowest BCUT2D eigenvalue weighted by atomic mass is 9.53. The first-order valence-electron chi connectivity index (χ1n) is 18.2. The number of hydrogen-bond acceptors (Lipinski definition) is 1. The first-order chi connectivity index (χ1) is 24.1. The predicted molar refractivity (Wildman–Crippen MR) is 213 cm³/mol. The molecule has 0 amide bonds. The second-order valence-corrected chi connectivity index (χ2v) is 16.0. The van der Waals surface area contributed by atoms with Gasteiger partial charge in [0.1, 0.15) is 0 Å². The predicted octanol–water partition coefficient (Wildman–Crippen LogP) is 14.1. The Kier molecular flexibility index (Phi) is 6.49. The van der Waals surface area contributed by atoms with Crippen LogP contribution in [0.3, 0.4) is 0 Å². The van der Waals surface area contributed by atoms with Crippen LogP contribution >= 0.6 is 11.3 Å². The van der Waals surface area contributed by atoms with E-state index in [1.807, 2.05) is 11.3 Å². The Balaban J connectivity index is 1.23. The van der Waals surface area contributed by atoms with Gasteiger partial charge in [-0.1, -0.05) is 142 Å². The van der Waals surface area contributed by atoms with E-state index in [4.69, 9.17) is 0 Å². The van der Waals surface area contributed by atoms with Gasteiger partial charge in [0.2, 0.25) is 0 Å². The number of rotatable bonds is 3. The molecule has 2 aliphatic rings. The lowest BCUT2D eigenvalue weighted by Gasteiger charge is -2.50. The van der Waals surface area contributed by atoms with Gasteiger partial charge in [-0.2, -0.15) is 0 Å². The maximum atomic E-state index is 2.55. The Bertz CT molecular complexity index is 2540. The van der Waals surface area contributed by atoms with Crippen LogP contribution in [0.2, 0.25) is 0 Å². The summed E-state index contributed by atoms with van der Waals surface area (Å²) in [5.74, 6) is 2.03. The monoisotopic (exact) mass is 648 g/mol. The molecule has 4 unspecified atom stereocenters. The van der Waals surface area contributed by atoms with Crippen molar-refractivity contribution >= 4 is 53.1 Å². The Hall–Kier alpha value is -4.72. The van der Waals surface area contributed by atoms with Crippen molar-refractivity contribution in [3.05, 3.63) is 145 Å². The summed E-state index contributed by atoms with van der Waals surface area (Å²) in [6.45, 7) is 7.43. The van der Waals surface area contributed by atoms with Gasteiger partial charge >= 0.3 is 0 Å². The molecule has 10 rings (SSSR count). The van der Waals surface area contributed by atoms with Crippen molar-refractivity contribution in [3.8, 4) is 33.4 Å². The minimum Gasteiger partial charge on any atom is -0.135 e. The van der Waals surface area contributed by atoms with Crippen LogP contribution in [0.15, 0.2) is 133 Å². The van der Waals surface area contributed by atoms with Gasteiger partial charge in [-0.3, -0.25) is 0 Å². The summed E-state index contributed by atoms with van der Waals surface area (Å²) < 4.78 is 2.70. The third-order valence-electron chi connectivity index (χ3n) is 12.4. The van der Waals surface area contributed by atoms with Gasteiger partial charge in [0.15, 0.2) is 0 Å². The van der Waals surface area contributed by atoms with Crippen LogP contribution in [0.4, 0.5) is 0 Å². The minimum atomic E-state index is 0.0882. The fourth-order valence-corrected chi connectivity index (χ4v) is 11.7. The molecule has 1 fully saturated rings. The SMILES string of the molecule is CCC1CC(C)CC(C)C12c1ccccc1-c1cc(-c3c4ccccc4c(-c4ccc5c(c4)sc4ccccc45)c4ccccc34)ccc12. The largest absolute Gasteiger partial charge is 0.135 e. The van der Waals surface area contributed by atoms with Gasteiger partial charge in [-0.05, 0) is 115 Å². The molecule has 1 spiro atoms. The molecule has 0 saturated heterocycles. The Labute approximate surface area is 293 Å². The second-order valence-electron chi connectivity index (χ2n) is 14.9. The zero-order valence-electron chi connectivity index (χ0n) is 28.5. The van der Waals surface area contributed by atoms with Crippen LogP contribution in [-0.4, -0.2) is 0 Å². The summed E-state index contributed by atoms with van der Waals surface area (Å²) in [6.07, 6.45) is 3.81. The average Bonchev–Trinajstić information content (AvgIpc) is 3.65. The van der Waals surface area contributed by atoms with Gasteiger partial charge in [0.05, 0.1) is 0 Å². The summed E-state index contributed by atoms with van der Waals surface area (Å²) in [6, 6.07) is 51.0. The van der Waals surface area contributed by atoms with Crippen LogP contribution < -0.4 is 0 Å². The maximum Gasteiger partial charge on any atom is 0.0361 e. The first-order valence-corrected chi connectivity index (χ1v) is 19.0. The summed E-state index contributed by atoms with van der Waals surface area (Å²) in [7, 11) is 0. The van der Waals surface area contributed by atoms with Crippen molar-refractivity contribution in [2.24, 2.45) is 17.8 Å². The Morgan fingerprint density at radius 2 is 1.08 bits per heavy atom. The Morgan fingerprint density at radius 1 is 0.531 bits per heavy atom. The summed E-state index contributed by atoms with van der Waals surface area (Å²) in [4.78, 5) is 0. The van der Waals surface area contributed by atoms with Crippen LogP contribution in [0.5, 0.6) is 0 Å². The molecule has 1 heterocycles. The third kappa shape index (κ3) is 4.03. The zero-order chi connectivity index (χ0) is 32.9. The van der Waals surface area contributed by atoms with Crippen LogP contribution in [-0.2, 0) is 5.41 Å². The molecular weight excluding hydrogens is 609 g/mol. The Morgan fingerprint density at radius 3 is 1.78 bits per heavy atom. The van der Waals surface area contributed by atoms with Crippen molar-refractivity contribution < 1.29 is 0 Å². The highest BCUT2D eigenvalue weighted by Crippen LogP contribution is 2.62. The average molecular weight is 649 g/mol. The fourth-order valence-electron chi connectivity index (χ4n) is 10.6. The van der Waals surface area contributed by atoms with E-state index < -0.39 is 0 Å². The van der Waals surface area contributed by atoms with Crippen molar-refractivity contribution in [2.75, 3.05) is 0 Å². The van der Waals surface area contributed by atoms with E-state index in [0.29, 0.717) is 11.8 Å². The molecule has 4 atom stereocenters. The quantitative estimate of drug-likeness (QED) is 0.167. The smallest absolute Gasteiger partial charge is 0.0361 e. The zero-order valence-corrected chi connectivity index (χ0v) is 29.3. The first kappa shape index (κ1) is 29.2. The molecule has 49 heavy (non-hydrogen) atoms. The van der Waals surface area contributed by atoms with Crippen molar-refractivity contribution in [2.45, 2.75) is 45.4 Å². The molecule has 0 nitrogen and oxygen atoms in total. The number of benzene rings is 7. The highest BCUT2D eigenvalue weighted by Gasteiger charge is 2.53. The van der Waals surface area contributed by atoms with E-state index in [2.05, 4.69) is 154 Å².